The molecule has 6 heteroatoms. The van der Waals surface area contributed by atoms with Gasteiger partial charge in [-0.1, -0.05) is 23.4 Å². The van der Waals surface area contributed by atoms with Gasteiger partial charge in [-0.15, -0.1) is 0 Å². The lowest BCUT2D eigenvalue weighted by atomic mass is 10.2. The molecule has 1 N–H and O–H groups in total. The van der Waals surface area contributed by atoms with Crippen molar-refractivity contribution in [2.24, 2.45) is 0 Å². The Morgan fingerprint density at radius 1 is 1.37 bits per heavy atom. The summed E-state index contributed by atoms with van der Waals surface area (Å²) in [5.41, 5.74) is 0.579. The molecular weight excluding hydrogens is 284 g/mol. The van der Waals surface area contributed by atoms with Gasteiger partial charge in [-0.2, -0.15) is 5.26 Å². The van der Waals surface area contributed by atoms with Crippen molar-refractivity contribution in [1.82, 2.24) is 4.98 Å². The highest BCUT2D eigenvalue weighted by Gasteiger charge is 2.07. The number of rotatable bonds is 3. The molecule has 0 saturated carbocycles. The summed E-state index contributed by atoms with van der Waals surface area (Å²) in [4.78, 5) is 15.7. The van der Waals surface area contributed by atoms with Gasteiger partial charge >= 0.3 is 5.97 Å². The number of carboxylic acids is 1. The van der Waals surface area contributed by atoms with Crippen LogP contribution in [0.3, 0.4) is 0 Å². The van der Waals surface area contributed by atoms with Crippen LogP contribution >= 0.6 is 23.4 Å². The van der Waals surface area contributed by atoms with Crippen molar-refractivity contribution in [3.63, 3.8) is 0 Å². The van der Waals surface area contributed by atoms with Crippen LogP contribution in [0.2, 0.25) is 5.02 Å². The summed E-state index contributed by atoms with van der Waals surface area (Å²) >= 11 is 7.21. The number of carboxylic acid groups (broad SMARTS) is 1. The van der Waals surface area contributed by atoms with Crippen LogP contribution in [0.1, 0.15) is 15.9 Å². The fraction of sp³-hybridized carbons (Fsp3) is 0. The zero-order chi connectivity index (χ0) is 13.8. The SMILES string of the molecule is N#Cc1ccc(Sc2cc(C(=O)O)ccn2)cc1Cl. The number of aromatic nitrogens is 1. The molecule has 2 rings (SSSR count). The van der Waals surface area contributed by atoms with Gasteiger partial charge in [0.05, 0.1) is 16.1 Å². The molecule has 0 aliphatic rings. The summed E-state index contributed by atoms with van der Waals surface area (Å²) in [6.45, 7) is 0. The van der Waals surface area contributed by atoms with E-state index in [2.05, 4.69) is 4.98 Å². The Morgan fingerprint density at radius 2 is 2.16 bits per heavy atom. The summed E-state index contributed by atoms with van der Waals surface area (Å²) in [7, 11) is 0. The smallest absolute Gasteiger partial charge is 0.335 e. The summed E-state index contributed by atoms with van der Waals surface area (Å²) in [5.74, 6) is -0.998. The van der Waals surface area contributed by atoms with Gasteiger partial charge in [-0.25, -0.2) is 9.78 Å². The van der Waals surface area contributed by atoms with E-state index in [0.717, 1.165) is 4.90 Å². The van der Waals surface area contributed by atoms with Gasteiger partial charge in [0.25, 0.3) is 0 Å². The fourth-order valence-corrected chi connectivity index (χ4v) is 2.51. The Hall–Kier alpha value is -2.03. The maximum atomic E-state index is 10.8. The van der Waals surface area contributed by atoms with Crippen LogP contribution in [0.25, 0.3) is 0 Å². The minimum Gasteiger partial charge on any atom is -0.478 e. The molecule has 1 aromatic heterocycles. The first-order chi connectivity index (χ1) is 9.10. The van der Waals surface area contributed by atoms with Gasteiger partial charge in [0.1, 0.15) is 11.1 Å². The van der Waals surface area contributed by atoms with Gasteiger partial charge in [-0.3, -0.25) is 0 Å². The van der Waals surface area contributed by atoms with Crippen molar-refractivity contribution in [1.29, 1.82) is 5.26 Å². The molecule has 1 aromatic carbocycles. The summed E-state index contributed by atoms with van der Waals surface area (Å²) in [5, 5.41) is 18.6. The molecule has 94 valence electrons. The molecule has 2 aromatic rings. The first-order valence-corrected chi connectivity index (χ1v) is 6.36. The van der Waals surface area contributed by atoms with Crippen molar-refractivity contribution in [2.45, 2.75) is 9.92 Å². The van der Waals surface area contributed by atoms with Crippen LogP contribution in [0.5, 0.6) is 0 Å². The lowest BCUT2D eigenvalue weighted by Crippen LogP contribution is -1.96. The van der Waals surface area contributed by atoms with Crippen molar-refractivity contribution < 1.29 is 9.90 Å². The number of halogens is 1. The summed E-state index contributed by atoms with van der Waals surface area (Å²) < 4.78 is 0. The third-order valence-corrected chi connectivity index (χ3v) is 3.50. The molecule has 0 atom stereocenters. The minimum atomic E-state index is -0.998. The Labute approximate surface area is 118 Å². The molecule has 0 fully saturated rings. The second-order valence-corrected chi connectivity index (χ2v) is 5.04. The second kappa shape index (κ2) is 5.74. The van der Waals surface area contributed by atoms with Crippen LogP contribution in [-0.2, 0) is 0 Å². The summed E-state index contributed by atoms with van der Waals surface area (Å²) in [6.07, 6.45) is 1.44. The molecule has 0 aliphatic heterocycles. The maximum absolute atomic E-state index is 10.8. The van der Waals surface area contributed by atoms with E-state index in [-0.39, 0.29) is 5.56 Å². The fourth-order valence-electron chi connectivity index (χ4n) is 1.37. The van der Waals surface area contributed by atoms with E-state index in [4.69, 9.17) is 22.0 Å². The first kappa shape index (κ1) is 13.4. The third kappa shape index (κ3) is 3.25. The van der Waals surface area contributed by atoms with E-state index in [1.165, 1.54) is 30.1 Å². The monoisotopic (exact) mass is 290 g/mol. The van der Waals surface area contributed by atoms with Crippen molar-refractivity contribution in [3.8, 4) is 6.07 Å². The molecule has 0 unspecified atom stereocenters. The quantitative estimate of drug-likeness (QED) is 0.937. The Kier molecular flexibility index (Phi) is 4.05. The zero-order valence-electron chi connectivity index (χ0n) is 9.50. The molecule has 0 saturated heterocycles. The predicted octanol–water partition coefficient (Wildman–Crippen LogP) is 3.46. The van der Waals surface area contributed by atoms with E-state index >= 15 is 0 Å². The largest absolute Gasteiger partial charge is 0.478 e. The standard InChI is InChI=1S/C13H7ClN2O2S/c14-11-6-10(2-1-9(11)7-15)19-12-5-8(13(17)18)3-4-16-12/h1-6H,(H,17,18). The second-order valence-electron chi connectivity index (χ2n) is 3.54. The number of hydrogen-bond acceptors (Lipinski definition) is 4. The topological polar surface area (TPSA) is 74.0 Å². The maximum Gasteiger partial charge on any atom is 0.335 e. The van der Waals surface area contributed by atoms with Crippen molar-refractivity contribution in [2.75, 3.05) is 0 Å². The van der Waals surface area contributed by atoms with Crippen LogP contribution < -0.4 is 0 Å². The van der Waals surface area contributed by atoms with Crippen LogP contribution in [-0.4, -0.2) is 16.1 Å². The number of carbonyl (C=O) groups is 1. The highest BCUT2D eigenvalue weighted by Crippen LogP contribution is 2.29. The lowest BCUT2D eigenvalue weighted by molar-refractivity contribution is 0.0696. The number of nitrogens with zero attached hydrogens (tertiary/aromatic N) is 2. The number of aromatic carboxylic acids is 1. The average Bonchev–Trinajstić information content (AvgIpc) is 2.39. The van der Waals surface area contributed by atoms with Crippen LogP contribution in [0.4, 0.5) is 0 Å². The molecule has 1 heterocycles. The van der Waals surface area contributed by atoms with Gasteiger partial charge in [-0.05, 0) is 30.3 Å². The van der Waals surface area contributed by atoms with E-state index < -0.39 is 5.97 Å². The number of pyridine rings is 1. The van der Waals surface area contributed by atoms with Gasteiger partial charge in [0, 0.05) is 11.1 Å². The first-order valence-electron chi connectivity index (χ1n) is 5.17. The van der Waals surface area contributed by atoms with Crippen molar-refractivity contribution in [3.05, 3.63) is 52.7 Å². The highest BCUT2D eigenvalue weighted by molar-refractivity contribution is 7.99. The molecule has 0 spiro atoms. The predicted molar refractivity (Wildman–Crippen MR) is 71.5 cm³/mol. The van der Waals surface area contributed by atoms with Gasteiger partial charge < -0.3 is 5.11 Å². The highest BCUT2D eigenvalue weighted by atomic mass is 35.5. The number of nitriles is 1. The Morgan fingerprint density at radius 3 is 2.79 bits per heavy atom. The van der Waals surface area contributed by atoms with Gasteiger partial charge in [0.2, 0.25) is 0 Å². The Bertz CT molecular complexity index is 683. The molecular formula is C13H7ClN2O2S. The number of hydrogen-bond donors (Lipinski definition) is 1. The minimum absolute atomic E-state index is 0.178. The van der Waals surface area contributed by atoms with Gasteiger partial charge in [0.15, 0.2) is 0 Å². The van der Waals surface area contributed by atoms with E-state index in [1.807, 2.05) is 6.07 Å². The van der Waals surface area contributed by atoms with Crippen LogP contribution in [0, 0.1) is 11.3 Å². The van der Waals surface area contributed by atoms with Crippen molar-refractivity contribution >= 4 is 29.3 Å². The normalized spacial score (nSPS) is 9.89. The number of benzene rings is 1. The lowest BCUT2D eigenvalue weighted by Gasteiger charge is -2.03. The van der Waals surface area contributed by atoms with E-state index in [9.17, 15) is 4.79 Å². The van der Waals surface area contributed by atoms with E-state index in [1.54, 1.807) is 18.2 Å². The summed E-state index contributed by atoms with van der Waals surface area (Å²) in [6, 6.07) is 9.90. The molecule has 0 bridgehead atoms. The molecule has 4 nitrogen and oxygen atoms in total. The molecule has 0 amide bonds. The van der Waals surface area contributed by atoms with Crippen LogP contribution in [0.15, 0.2) is 46.5 Å². The molecule has 0 radical (unpaired) electrons. The zero-order valence-corrected chi connectivity index (χ0v) is 11.1. The molecule has 0 aliphatic carbocycles. The third-order valence-electron chi connectivity index (χ3n) is 2.27. The van der Waals surface area contributed by atoms with E-state index in [0.29, 0.717) is 15.6 Å². The molecule has 19 heavy (non-hydrogen) atoms. The average molecular weight is 291 g/mol. The Balaban J connectivity index is 2.26.